The molecule has 0 spiro atoms. The molecule has 0 unspecified atom stereocenters. The van der Waals surface area contributed by atoms with Gasteiger partial charge in [-0.3, -0.25) is 0 Å². The van der Waals surface area contributed by atoms with Crippen molar-refractivity contribution < 1.29 is 51.6 Å². The Morgan fingerprint density at radius 1 is 0.457 bits per heavy atom. The number of aromatic nitrogens is 4. The molecule has 0 saturated carbocycles. The van der Waals surface area contributed by atoms with E-state index >= 15 is 0 Å². The van der Waals surface area contributed by atoms with Gasteiger partial charge in [0.25, 0.3) is 0 Å². The molecule has 0 bridgehead atoms. The Morgan fingerprint density at radius 2 is 0.771 bits per heavy atom. The van der Waals surface area contributed by atoms with Crippen LogP contribution in [0, 0.1) is 49.2 Å². The zero-order valence-corrected chi connectivity index (χ0v) is 46.6. The molecule has 0 amide bonds. The first-order valence-electron chi connectivity index (χ1n) is 22.7. The fourth-order valence-corrected chi connectivity index (χ4v) is 6.85. The van der Waals surface area contributed by atoms with Gasteiger partial charge in [0, 0.05) is 91.4 Å². The molecule has 70 heavy (non-hydrogen) atoms. The minimum atomic E-state index is -0.0545. The summed E-state index contributed by atoms with van der Waals surface area (Å²) in [5, 5.41) is 0. The molecular weight excluding hydrogens is 1220 g/mol. The number of hydrogen-bond acceptors (Lipinski definition) is 4. The van der Waals surface area contributed by atoms with Gasteiger partial charge < -0.3 is 66.8 Å². The quantitative estimate of drug-likeness (QED) is 0.118. The summed E-state index contributed by atoms with van der Waals surface area (Å²) in [6, 6.07) is 54.8. The molecule has 0 N–H and O–H groups in total. The van der Waals surface area contributed by atoms with Crippen LogP contribution in [0.2, 0.25) is 0 Å². The van der Waals surface area contributed by atoms with Gasteiger partial charge in [-0.15, -0.1) is 11.1 Å². The fourth-order valence-electron chi connectivity index (χ4n) is 6.85. The largest absolute Gasteiger partial charge is 0.669 e. The van der Waals surface area contributed by atoms with Gasteiger partial charge >= 0.3 is 0 Å². The molecule has 0 aliphatic carbocycles. The SMILES string of the molecule is CC(C)(C)c1cc(-c2c[c-]c(-c3[c-]cc(-c4cc(C(C)(C)C)cc(C(C)(C)C)c4)c(Oc4ccccn4)[c-]3)[c-]c2Oc2ccccn2)cc(C(C)(C)C)c1.[C-]#Cn1cccc1.[C-]#Cn1cccc1.[Pt].[Pt]. The number of rotatable bonds is 7. The average Bonchev–Trinajstić information content (AvgIpc) is 4.05. The molecular formula is C62H60N4O2Pt2-6. The summed E-state index contributed by atoms with van der Waals surface area (Å²) < 4.78 is 16.1. The van der Waals surface area contributed by atoms with Crippen LogP contribution in [0.1, 0.15) is 105 Å². The second-order valence-corrected chi connectivity index (χ2v) is 20.6. The van der Waals surface area contributed by atoms with Crippen molar-refractivity contribution in [1.82, 2.24) is 19.1 Å². The van der Waals surface area contributed by atoms with E-state index in [1.54, 1.807) is 46.3 Å². The maximum atomic E-state index is 6.57. The molecule has 4 aromatic carbocycles. The zero-order chi connectivity index (χ0) is 49.3. The standard InChI is InChI=1S/C50H52N2O2.2C6H4N.2Pt/c1-47(2,3)37-25-35(26-38(31-37)48(4,5)6)41-21-19-33(29-43(41)53-45-17-13-15-23-51-45)34-20-22-42(44(30-34)54-46-18-14-16-24-52-46)36-27-39(49(7,8)9)32-40(28-36)50(10,11)12;2*1-2-7-5-3-4-6-7;;/h13-18,21-28,31-32H,1-12H3;2*3-6H;;/q-4;2*-1;;. The molecule has 366 valence electrons. The van der Waals surface area contributed by atoms with E-state index in [1.165, 1.54) is 22.3 Å². The Kier molecular flexibility index (Phi) is 19.4. The van der Waals surface area contributed by atoms with Crippen molar-refractivity contribution >= 4 is 0 Å². The van der Waals surface area contributed by atoms with Crippen molar-refractivity contribution in [2.45, 2.75) is 105 Å². The normalized spacial score (nSPS) is 11.2. The first-order chi connectivity index (χ1) is 32.1. The van der Waals surface area contributed by atoms with Crippen LogP contribution in [-0.2, 0) is 63.8 Å². The molecule has 6 nitrogen and oxygen atoms in total. The Balaban J connectivity index is 0.000000571. The van der Waals surface area contributed by atoms with Crippen LogP contribution in [0.5, 0.6) is 23.3 Å². The van der Waals surface area contributed by atoms with Crippen molar-refractivity contribution in [3.63, 3.8) is 0 Å². The maximum absolute atomic E-state index is 6.57. The Bertz CT molecular complexity index is 2720. The van der Waals surface area contributed by atoms with Gasteiger partial charge in [0.1, 0.15) is 0 Å². The van der Waals surface area contributed by atoms with Crippen molar-refractivity contribution in [1.29, 1.82) is 0 Å². The van der Waals surface area contributed by atoms with Gasteiger partial charge in [0.15, 0.2) is 0 Å². The van der Waals surface area contributed by atoms with Crippen molar-refractivity contribution in [3.05, 3.63) is 206 Å². The summed E-state index contributed by atoms with van der Waals surface area (Å²) in [6.07, 6.45) is 23.6. The number of pyridine rings is 2. The van der Waals surface area contributed by atoms with E-state index in [0.717, 1.165) is 22.3 Å². The Hall–Kier alpha value is -6.16. The van der Waals surface area contributed by atoms with Gasteiger partial charge in [-0.2, -0.15) is 0 Å². The van der Waals surface area contributed by atoms with Crippen LogP contribution < -0.4 is 9.47 Å². The molecule has 0 atom stereocenters. The first kappa shape index (κ1) is 56.4. The third-order valence-corrected chi connectivity index (χ3v) is 11.0. The topological polar surface area (TPSA) is 54.1 Å². The first-order valence-corrected chi connectivity index (χ1v) is 22.7. The number of benzene rings is 4. The van der Waals surface area contributed by atoms with Crippen LogP contribution in [-0.4, -0.2) is 19.1 Å². The van der Waals surface area contributed by atoms with E-state index in [4.69, 9.17) is 22.3 Å². The second-order valence-electron chi connectivity index (χ2n) is 20.6. The monoisotopic (exact) mass is 1280 g/mol. The van der Waals surface area contributed by atoms with Gasteiger partial charge in [0.05, 0.1) is 0 Å². The molecule has 8 aromatic rings. The van der Waals surface area contributed by atoms with Crippen LogP contribution >= 0.6 is 0 Å². The fraction of sp³-hybridized carbons (Fsp3) is 0.258. The van der Waals surface area contributed by atoms with Crippen molar-refractivity contribution in [3.8, 4) is 68.7 Å². The summed E-state index contributed by atoms with van der Waals surface area (Å²) in [4.78, 5) is 8.97. The summed E-state index contributed by atoms with van der Waals surface area (Å²) in [5.41, 5.74) is 9.87. The van der Waals surface area contributed by atoms with Crippen molar-refractivity contribution in [2.24, 2.45) is 0 Å². The summed E-state index contributed by atoms with van der Waals surface area (Å²) >= 11 is 0. The number of hydrogen-bond donors (Lipinski definition) is 0. The predicted molar refractivity (Wildman–Crippen MR) is 275 cm³/mol. The van der Waals surface area contributed by atoms with E-state index in [1.807, 2.05) is 72.8 Å². The molecule has 4 aromatic heterocycles. The van der Waals surface area contributed by atoms with E-state index in [2.05, 4.69) is 166 Å². The predicted octanol–water partition coefficient (Wildman–Crippen LogP) is 15.2. The van der Waals surface area contributed by atoms with E-state index in [0.29, 0.717) is 34.4 Å². The Morgan fingerprint density at radius 3 is 1.01 bits per heavy atom. The third kappa shape index (κ3) is 15.4. The minimum Gasteiger partial charge on any atom is -0.669 e. The van der Waals surface area contributed by atoms with Gasteiger partial charge in [-0.1, -0.05) is 154 Å². The van der Waals surface area contributed by atoms with Crippen LogP contribution in [0.15, 0.2) is 146 Å². The molecule has 0 aliphatic heterocycles. The molecule has 4 heterocycles. The molecule has 0 radical (unpaired) electrons. The number of ether oxygens (including phenoxy) is 2. The summed E-state index contributed by atoms with van der Waals surface area (Å²) in [6.45, 7) is 26.9. The van der Waals surface area contributed by atoms with Gasteiger partial charge in [-0.25, -0.2) is 34.2 Å². The van der Waals surface area contributed by atoms with Crippen molar-refractivity contribution in [2.75, 3.05) is 0 Å². The molecule has 0 saturated heterocycles. The molecule has 0 aliphatic rings. The minimum absolute atomic E-state index is 0. The van der Waals surface area contributed by atoms with Gasteiger partial charge in [-0.05, 0) is 80.3 Å². The third-order valence-electron chi connectivity index (χ3n) is 11.0. The Labute approximate surface area is 446 Å². The smallest absolute Gasteiger partial charge is 0.215 e. The number of nitrogens with zero attached hydrogens (tertiary/aromatic N) is 4. The summed E-state index contributed by atoms with van der Waals surface area (Å²) in [7, 11) is 0. The van der Waals surface area contributed by atoms with Gasteiger partial charge in [0.2, 0.25) is 11.8 Å². The molecule has 0 fully saturated rings. The van der Waals surface area contributed by atoms with E-state index in [-0.39, 0.29) is 63.8 Å². The zero-order valence-electron chi connectivity index (χ0n) is 42.1. The molecule has 8 heteroatoms. The summed E-state index contributed by atoms with van der Waals surface area (Å²) in [5.74, 6) is 2.04. The second kappa shape index (κ2) is 24.1. The van der Waals surface area contributed by atoms with E-state index in [9.17, 15) is 0 Å². The van der Waals surface area contributed by atoms with Crippen LogP contribution in [0.4, 0.5) is 0 Å². The average molecular weight is 1280 g/mol. The van der Waals surface area contributed by atoms with E-state index < -0.39 is 0 Å². The van der Waals surface area contributed by atoms with Crippen LogP contribution in [0.25, 0.3) is 33.4 Å². The molecule has 8 rings (SSSR count). The van der Waals surface area contributed by atoms with Crippen LogP contribution in [0.3, 0.4) is 0 Å². The maximum Gasteiger partial charge on any atom is 0.215 e.